The molecule has 1 saturated heterocycles. The number of rotatable bonds is 3. The Kier molecular flexibility index (Phi) is 4.93. The molecule has 180 valence electrons. The average molecular weight is 493 g/mol. The lowest BCUT2D eigenvalue weighted by atomic mass is 9.57. The van der Waals surface area contributed by atoms with E-state index in [2.05, 4.69) is 40.6 Å². The Hall–Kier alpha value is -3.09. The first-order valence-corrected chi connectivity index (χ1v) is 12.2. The smallest absolute Gasteiger partial charge is 0.225 e. The van der Waals surface area contributed by atoms with E-state index in [4.69, 9.17) is 11.6 Å². The molecule has 4 heterocycles. The third-order valence-corrected chi connectivity index (χ3v) is 8.00. The van der Waals surface area contributed by atoms with Crippen molar-refractivity contribution in [2.45, 2.75) is 58.2 Å². The van der Waals surface area contributed by atoms with Crippen LogP contribution in [0, 0.1) is 29.5 Å². The molecule has 0 bridgehead atoms. The molecule has 1 aliphatic carbocycles. The summed E-state index contributed by atoms with van der Waals surface area (Å²) in [5.74, 6) is 2.33. The molecule has 0 radical (unpaired) electrons. The maximum Gasteiger partial charge on any atom is 0.225 e. The second-order valence-corrected chi connectivity index (χ2v) is 11.1. The van der Waals surface area contributed by atoms with Crippen LogP contribution in [0.1, 0.15) is 55.5 Å². The third-order valence-electron chi connectivity index (χ3n) is 7.76. The average Bonchev–Trinajstić information content (AvgIpc) is 3.09. The van der Waals surface area contributed by atoms with E-state index in [0.717, 1.165) is 48.8 Å². The van der Waals surface area contributed by atoms with Crippen LogP contribution in [-0.2, 0) is 13.1 Å². The van der Waals surface area contributed by atoms with E-state index in [1.54, 1.807) is 6.92 Å². The molecule has 1 saturated carbocycles. The summed E-state index contributed by atoms with van der Waals surface area (Å²) >= 11 is 6.35. The van der Waals surface area contributed by atoms with Crippen molar-refractivity contribution >= 4 is 17.5 Å². The molecule has 35 heavy (non-hydrogen) atoms. The SMILES string of the molecule is Cc1nc(N2CC3(CC(c4nnc5n4-c4ccc(Cl)cc4CN(C(C)(C)C#N)C5)C3)C2)ncc1F. The Labute approximate surface area is 208 Å². The highest BCUT2D eigenvalue weighted by molar-refractivity contribution is 6.30. The Morgan fingerprint density at radius 2 is 1.97 bits per heavy atom. The standard InChI is InChI=1S/C25H26ClFN8/c1-15-19(27)9-29-23(30-15)33-13-25(14-33)7-17(8-25)22-32-31-21-11-34(24(2,3)12-28)10-16-6-18(26)4-5-20(16)35(21)22/h4-6,9,17H,7-8,10-11,13-14H2,1-3H3. The summed E-state index contributed by atoms with van der Waals surface area (Å²) in [5.41, 5.74) is 2.03. The Balaban J connectivity index is 1.25. The van der Waals surface area contributed by atoms with Gasteiger partial charge in [-0.2, -0.15) is 5.26 Å². The molecule has 3 aliphatic rings. The van der Waals surface area contributed by atoms with Gasteiger partial charge >= 0.3 is 0 Å². The van der Waals surface area contributed by atoms with E-state index in [0.29, 0.717) is 35.7 Å². The van der Waals surface area contributed by atoms with Gasteiger partial charge in [-0.05, 0) is 57.4 Å². The Morgan fingerprint density at radius 1 is 1.20 bits per heavy atom. The van der Waals surface area contributed by atoms with Crippen LogP contribution < -0.4 is 4.90 Å². The summed E-state index contributed by atoms with van der Waals surface area (Å²) in [6.45, 7) is 8.39. The summed E-state index contributed by atoms with van der Waals surface area (Å²) in [5, 5.41) is 19.6. The number of aryl methyl sites for hydroxylation is 1. The third kappa shape index (κ3) is 3.58. The van der Waals surface area contributed by atoms with Gasteiger partial charge in [0.25, 0.3) is 0 Å². The first-order chi connectivity index (χ1) is 16.7. The van der Waals surface area contributed by atoms with Gasteiger partial charge in [-0.15, -0.1) is 10.2 Å². The lowest BCUT2D eigenvalue weighted by molar-refractivity contribution is 0.0574. The van der Waals surface area contributed by atoms with E-state index in [1.807, 2.05) is 32.0 Å². The van der Waals surface area contributed by atoms with Crippen LogP contribution in [0.5, 0.6) is 0 Å². The van der Waals surface area contributed by atoms with Crippen LogP contribution in [0.15, 0.2) is 24.4 Å². The number of benzene rings is 1. The molecule has 8 nitrogen and oxygen atoms in total. The molecular weight excluding hydrogens is 467 g/mol. The minimum absolute atomic E-state index is 0.213. The van der Waals surface area contributed by atoms with Crippen molar-refractivity contribution < 1.29 is 4.39 Å². The molecule has 2 aliphatic heterocycles. The number of hydrogen-bond donors (Lipinski definition) is 0. The van der Waals surface area contributed by atoms with Gasteiger partial charge in [-0.3, -0.25) is 9.47 Å². The zero-order valence-corrected chi connectivity index (χ0v) is 20.7. The second kappa shape index (κ2) is 7.70. The van der Waals surface area contributed by atoms with Gasteiger partial charge in [0.2, 0.25) is 5.95 Å². The predicted molar refractivity (Wildman–Crippen MR) is 129 cm³/mol. The first kappa shape index (κ1) is 22.4. The first-order valence-electron chi connectivity index (χ1n) is 11.8. The summed E-state index contributed by atoms with van der Waals surface area (Å²) < 4.78 is 15.7. The topological polar surface area (TPSA) is 86.8 Å². The van der Waals surface area contributed by atoms with E-state index < -0.39 is 5.54 Å². The molecule has 0 N–H and O–H groups in total. The van der Waals surface area contributed by atoms with Crippen molar-refractivity contribution in [1.29, 1.82) is 5.26 Å². The van der Waals surface area contributed by atoms with E-state index >= 15 is 0 Å². The maximum atomic E-state index is 13.5. The van der Waals surface area contributed by atoms with Crippen molar-refractivity contribution in [3.05, 3.63) is 58.1 Å². The zero-order valence-electron chi connectivity index (χ0n) is 20.0. The molecular formula is C25H26ClFN8. The highest BCUT2D eigenvalue weighted by atomic mass is 35.5. The predicted octanol–water partition coefficient (Wildman–Crippen LogP) is 4.16. The van der Waals surface area contributed by atoms with Crippen LogP contribution in [0.4, 0.5) is 10.3 Å². The number of fused-ring (bicyclic) bond motifs is 3. The van der Waals surface area contributed by atoms with Crippen LogP contribution in [-0.4, -0.2) is 48.3 Å². The number of aromatic nitrogens is 5. The molecule has 0 unspecified atom stereocenters. The van der Waals surface area contributed by atoms with Gasteiger partial charge in [-0.25, -0.2) is 14.4 Å². The summed E-state index contributed by atoms with van der Waals surface area (Å²) in [4.78, 5) is 12.7. The molecule has 10 heteroatoms. The van der Waals surface area contributed by atoms with Crippen molar-refractivity contribution in [3.63, 3.8) is 0 Å². The molecule has 3 aromatic rings. The molecule has 2 aromatic heterocycles. The fourth-order valence-corrected chi connectivity index (χ4v) is 5.88. The van der Waals surface area contributed by atoms with Crippen molar-refractivity contribution in [3.8, 4) is 11.8 Å². The lowest BCUT2D eigenvalue weighted by Gasteiger charge is -2.58. The minimum Gasteiger partial charge on any atom is -0.340 e. The largest absolute Gasteiger partial charge is 0.340 e. The van der Waals surface area contributed by atoms with Crippen LogP contribution in [0.3, 0.4) is 0 Å². The number of anilines is 1. The quantitative estimate of drug-likeness (QED) is 0.542. The molecule has 6 rings (SSSR count). The molecule has 1 aromatic carbocycles. The molecule has 0 amide bonds. The highest BCUT2D eigenvalue weighted by Gasteiger charge is 2.55. The second-order valence-electron chi connectivity index (χ2n) is 10.7. The van der Waals surface area contributed by atoms with Gasteiger partial charge in [0.15, 0.2) is 11.6 Å². The van der Waals surface area contributed by atoms with Crippen LogP contribution >= 0.6 is 11.6 Å². The molecule has 0 atom stereocenters. The monoisotopic (exact) mass is 492 g/mol. The van der Waals surface area contributed by atoms with Gasteiger partial charge in [0.1, 0.15) is 11.4 Å². The fourth-order valence-electron chi connectivity index (χ4n) is 5.68. The van der Waals surface area contributed by atoms with Gasteiger partial charge in [0, 0.05) is 36.0 Å². The van der Waals surface area contributed by atoms with Crippen LogP contribution in [0.25, 0.3) is 5.69 Å². The lowest BCUT2D eigenvalue weighted by Crippen LogP contribution is -2.62. The van der Waals surface area contributed by atoms with E-state index in [-0.39, 0.29) is 11.2 Å². The Bertz CT molecular complexity index is 1360. The number of nitrogens with zero attached hydrogens (tertiary/aromatic N) is 8. The van der Waals surface area contributed by atoms with E-state index in [9.17, 15) is 9.65 Å². The fraction of sp³-hybridized carbons (Fsp3) is 0.480. The van der Waals surface area contributed by atoms with Crippen molar-refractivity contribution in [2.75, 3.05) is 18.0 Å². The maximum absolute atomic E-state index is 13.5. The van der Waals surface area contributed by atoms with Crippen molar-refractivity contribution in [1.82, 2.24) is 29.6 Å². The summed E-state index contributed by atoms with van der Waals surface area (Å²) in [7, 11) is 0. The summed E-state index contributed by atoms with van der Waals surface area (Å²) in [6, 6.07) is 8.33. The zero-order chi connectivity index (χ0) is 24.5. The number of hydrogen-bond acceptors (Lipinski definition) is 7. The number of halogens is 2. The van der Waals surface area contributed by atoms with Crippen LogP contribution in [0.2, 0.25) is 5.02 Å². The van der Waals surface area contributed by atoms with Crippen molar-refractivity contribution in [2.24, 2.45) is 5.41 Å². The Morgan fingerprint density at radius 3 is 2.69 bits per heavy atom. The normalized spacial score (nSPS) is 19.4. The highest BCUT2D eigenvalue weighted by Crippen LogP contribution is 2.56. The molecule has 1 spiro atoms. The van der Waals surface area contributed by atoms with Gasteiger partial charge in [0.05, 0.1) is 30.2 Å². The van der Waals surface area contributed by atoms with E-state index in [1.165, 1.54) is 6.20 Å². The molecule has 2 fully saturated rings. The summed E-state index contributed by atoms with van der Waals surface area (Å²) in [6.07, 6.45) is 3.27. The minimum atomic E-state index is -0.655. The van der Waals surface area contributed by atoms with Gasteiger partial charge < -0.3 is 4.90 Å². The van der Waals surface area contributed by atoms with Gasteiger partial charge in [-0.1, -0.05) is 11.6 Å². The number of nitriles is 1.